The summed E-state index contributed by atoms with van der Waals surface area (Å²) in [7, 11) is 0. The zero-order chi connectivity index (χ0) is 13.9. The minimum absolute atomic E-state index is 0.0402. The Kier molecular flexibility index (Phi) is 4.20. The summed E-state index contributed by atoms with van der Waals surface area (Å²) in [5.74, 6) is -0.0485. The van der Waals surface area contributed by atoms with Gasteiger partial charge in [-0.3, -0.25) is 9.78 Å². The molecule has 0 aliphatic carbocycles. The number of carbonyl (C=O) groups is 1. The van der Waals surface area contributed by atoms with E-state index in [9.17, 15) is 4.79 Å². The lowest BCUT2D eigenvalue weighted by Crippen LogP contribution is -2.35. The van der Waals surface area contributed by atoms with E-state index in [4.69, 9.17) is 0 Å². The molecule has 2 aromatic rings. The fourth-order valence-corrected chi connectivity index (χ4v) is 1.95. The number of aromatic nitrogens is 1. The van der Waals surface area contributed by atoms with Crippen LogP contribution in [0.25, 0.3) is 10.9 Å². The normalized spacial score (nSPS) is 11.5. The second-order valence-electron chi connectivity index (χ2n) is 5.36. The molecular formula is C15H17BrN2O. The van der Waals surface area contributed by atoms with Crippen LogP contribution in [0.5, 0.6) is 0 Å². The van der Waals surface area contributed by atoms with E-state index in [-0.39, 0.29) is 11.3 Å². The number of amides is 1. The smallest absolute Gasteiger partial charge is 0.252 e. The molecular weight excluding hydrogens is 304 g/mol. The van der Waals surface area contributed by atoms with Crippen LogP contribution in [0.1, 0.15) is 24.2 Å². The summed E-state index contributed by atoms with van der Waals surface area (Å²) in [5, 5.41) is 4.72. The molecule has 1 amide bonds. The fraction of sp³-hybridized carbons (Fsp3) is 0.333. The van der Waals surface area contributed by atoms with Gasteiger partial charge in [0.05, 0.1) is 11.1 Å². The van der Waals surface area contributed by atoms with Crippen LogP contribution >= 0.6 is 15.9 Å². The number of nitrogens with zero attached hydrogens (tertiary/aromatic N) is 1. The summed E-state index contributed by atoms with van der Waals surface area (Å²) in [6.07, 6.45) is 1.67. The number of para-hydroxylation sites is 1. The molecule has 0 saturated heterocycles. The van der Waals surface area contributed by atoms with E-state index in [1.165, 1.54) is 0 Å². The predicted octanol–water partition coefficient (Wildman–Crippen LogP) is 3.39. The van der Waals surface area contributed by atoms with Crippen LogP contribution in [0, 0.1) is 5.41 Å². The number of hydrogen-bond donors (Lipinski definition) is 1. The molecule has 0 aliphatic heterocycles. The Balaban J connectivity index is 2.23. The lowest BCUT2D eigenvalue weighted by molar-refractivity contribution is 0.0942. The van der Waals surface area contributed by atoms with E-state index in [0.29, 0.717) is 12.1 Å². The molecule has 19 heavy (non-hydrogen) atoms. The lowest BCUT2D eigenvalue weighted by atomic mass is 9.96. The molecule has 4 heteroatoms. The summed E-state index contributed by atoms with van der Waals surface area (Å²) in [5.41, 5.74) is 1.56. The van der Waals surface area contributed by atoms with Crippen molar-refractivity contribution in [3.8, 4) is 0 Å². The number of rotatable bonds is 4. The summed E-state index contributed by atoms with van der Waals surface area (Å²) in [6, 6.07) is 9.44. The van der Waals surface area contributed by atoms with Crippen molar-refractivity contribution in [2.75, 3.05) is 11.9 Å². The summed E-state index contributed by atoms with van der Waals surface area (Å²) < 4.78 is 0. The predicted molar refractivity (Wildman–Crippen MR) is 81.7 cm³/mol. The van der Waals surface area contributed by atoms with Crippen LogP contribution < -0.4 is 5.32 Å². The monoisotopic (exact) mass is 320 g/mol. The summed E-state index contributed by atoms with van der Waals surface area (Å²) in [6.45, 7) is 4.84. The third-order valence-electron chi connectivity index (χ3n) is 2.98. The molecule has 0 aliphatic rings. The molecule has 1 heterocycles. The van der Waals surface area contributed by atoms with Gasteiger partial charge in [0, 0.05) is 23.5 Å². The van der Waals surface area contributed by atoms with Crippen molar-refractivity contribution >= 4 is 32.7 Å². The first-order valence-electron chi connectivity index (χ1n) is 6.21. The third kappa shape index (κ3) is 3.32. The van der Waals surface area contributed by atoms with Crippen molar-refractivity contribution in [1.29, 1.82) is 0 Å². The zero-order valence-electron chi connectivity index (χ0n) is 11.1. The van der Waals surface area contributed by atoms with E-state index >= 15 is 0 Å². The van der Waals surface area contributed by atoms with Gasteiger partial charge in [0.2, 0.25) is 0 Å². The molecule has 0 radical (unpaired) electrons. The van der Waals surface area contributed by atoms with Crippen molar-refractivity contribution < 1.29 is 4.79 Å². The molecule has 1 N–H and O–H groups in total. The largest absolute Gasteiger partial charge is 0.351 e. The number of carbonyl (C=O) groups excluding carboxylic acids is 1. The van der Waals surface area contributed by atoms with E-state index < -0.39 is 0 Å². The Morgan fingerprint density at radius 3 is 2.79 bits per heavy atom. The second-order valence-corrected chi connectivity index (χ2v) is 5.92. The maximum atomic E-state index is 12.3. The van der Waals surface area contributed by atoms with E-state index in [1.807, 2.05) is 24.3 Å². The standard InChI is InChI=1S/C15H17BrN2O/c1-15(2,9-16)10-18-14(19)12-7-8-17-13-6-4-3-5-11(12)13/h3-8H,9-10H2,1-2H3,(H,18,19). The highest BCUT2D eigenvalue weighted by atomic mass is 79.9. The van der Waals surface area contributed by atoms with Crippen molar-refractivity contribution in [2.45, 2.75) is 13.8 Å². The quantitative estimate of drug-likeness (QED) is 0.877. The van der Waals surface area contributed by atoms with Crippen LogP contribution in [0.15, 0.2) is 36.5 Å². The van der Waals surface area contributed by atoms with Crippen LogP contribution in [-0.2, 0) is 0 Å². The zero-order valence-corrected chi connectivity index (χ0v) is 12.7. The van der Waals surface area contributed by atoms with Gasteiger partial charge < -0.3 is 5.32 Å². The molecule has 1 aromatic carbocycles. The van der Waals surface area contributed by atoms with Crippen LogP contribution in [0.4, 0.5) is 0 Å². The molecule has 0 spiro atoms. The SMILES string of the molecule is CC(C)(CBr)CNC(=O)c1ccnc2ccccc12. The second kappa shape index (κ2) is 5.70. The van der Waals surface area contributed by atoms with Gasteiger partial charge in [-0.1, -0.05) is 48.0 Å². The van der Waals surface area contributed by atoms with Crippen molar-refractivity contribution in [3.05, 3.63) is 42.1 Å². The number of halogens is 1. The maximum absolute atomic E-state index is 12.3. The molecule has 0 saturated carbocycles. The minimum Gasteiger partial charge on any atom is -0.351 e. The minimum atomic E-state index is -0.0485. The molecule has 0 unspecified atom stereocenters. The van der Waals surface area contributed by atoms with Gasteiger partial charge >= 0.3 is 0 Å². The average Bonchev–Trinajstić information content (AvgIpc) is 2.44. The molecule has 100 valence electrons. The highest BCUT2D eigenvalue weighted by Crippen LogP contribution is 2.18. The van der Waals surface area contributed by atoms with Gasteiger partial charge in [-0.15, -0.1) is 0 Å². The molecule has 0 bridgehead atoms. The number of pyridine rings is 1. The summed E-state index contributed by atoms with van der Waals surface area (Å²) >= 11 is 3.46. The van der Waals surface area contributed by atoms with Crippen molar-refractivity contribution in [2.24, 2.45) is 5.41 Å². The van der Waals surface area contributed by atoms with Gasteiger partial charge in [0.15, 0.2) is 0 Å². The van der Waals surface area contributed by atoms with E-state index in [2.05, 4.69) is 40.1 Å². The molecule has 2 rings (SSSR count). The topological polar surface area (TPSA) is 42.0 Å². The van der Waals surface area contributed by atoms with Crippen LogP contribution in [-0.4, -0.2) is 22.8 Å². The molecule has 0 atom stereocenters. The van der Waals surface area contributed by atoms with Crippen molar-refractivity contribution in [3.63, 3.8) is 0 Å². The average molecular weight is 321 g/mol. The number of alkyl halides is 1. The fourth-order valence-electron chi connectivity index (χ4n) is 1.76. The first kappa shape index (κ1) is 14.0. The third-order valence-corrected chi connectivity index (χ3v) is 4.50. The Morgan fingerprint density at radius 2 is 2.05 bits per heavy atom. The Bertz CT molecular complexity index is 590. The molecule has 0 fully saturated rings. The highest BCUT2D eigenvalue weighted by molar-refractivity contribution is 9.09. The summed E-state index contributed by atoms with van der Waals surface area (Å²) in [4.78, 5) is 16.5. The molecule has 3 nitrogen and oxygen atoms in total. The van der Waals surface area contributed by atoms with Gasteiger partial charge in [-0.25, -0.2) is 0 Å². The number of fused-ring (bicyclic) bond motifs is 1. The first-order chi connectivity index (χ1) is 9.03. The van der Waals surface area contributed by atoms with Gasteiger partial charge in [-0.05, 0) is 17.5 Å². The Morgan fingerprint density at radius 1 is 1.32 bits per heavy atom. The van der Waals surface area contributed by atoms with Crippen LogP contribution in [0.3, 0.4) is 0 Å². The van der Waals surface area contributed by atoms with Crippen LogP contribution in [0.2, 0.25) is 0 Å². The van der Waals surface area contributed by atoms with Crippen molar-refractivity contribution in [1.82, 2.24) is 10.3 Å². The Hall–Kier alpha value is -1.42. The first-order valence-corrected chi connectivity index (χ1v) is 7.33. The number of benzene rings is 1. The van der Waals surface area contributed by atoms with Gasteiger partial charge in [0.25, 0.3) is 5.91 Å². The van der Waals surface area contributed by atoms with Gasteiger partial charge in [-0.2, -0.15) is 0 Å². The lowest BCUT2D eigenvalue weighted by Gasteiger charge is -2.22. The maximum Gasteiger partial charge on any atom is 0.252 e. The van der Waals surface area contributed by atoms with E-state index in [0.717, 1.165) is 16.2 Å². The Labute approximate surface area is 121 Å². The number of hydrogen-bond acceptors (Lipinski definition) is 2. The number of nitrogens with one attached hydrogen (secondary N) is 1. The van der Waals surface area contributed by atoms with E-state index in [1.54, 1.807) is 12.3 Å². The van der Waals surface area contributed by atoms with Gasteiger partial charge in [0.1, 0.15) is 0 Å². The highest BCUT2D eigenvalue weighted by Gasteiger charge is 2.18. The molecule has 1 aromatic heterocycles.